The molecule has 0 atom stereocenters. The van der Waals surface area contributed by atoms with Gasteiger partial charge in [-0.2, -0.15) is 0 Å². The summed E-state index contributed by atoms with van der Waals surface area (Å²) in [6.45, 7) is 0. The molecule has 0 nitrogen and oxygen atoms in total. The average Bonchev–Trinajstić information content (AvgIpc) is 2.69. The van der Waals surface area contributed by atoms with Gasteiger partial charge in [-0.15, -0.1) is 0 Å². The first-order valence-electron chi connectivity index (χ1n) is 8.53. The fourth-order valence-electron chi connectivity index (χ4n) is 3.94. The summed E-state index contributed by atoms with van der Waals surface area (Å²) in [6.07, 6.45) is 8.55. The normalized spacial score (nSPS) is 19.2. The second-order valence-electron chi connectivity index (χ2n) is 6.44. The first-order valence-corrected chi connectivity index (χ1v) is 10.9. The van der Waals surface area contributed by atoms with Gasteiger partial charge in [0, 0.05) is 0 Å². The highest BCUT2D eigenvalue weighted by Crippen LogP contribution is 2.26. The zero-order valence-electron chi connectivity index (χ0n) is 12.9. The third-order valence-electron chi connectivity index (χ3n) is 5.11. The van der Waals surface area contributed by atoms with E-state index in [0.29, 0.717) is 0 Å². The van der Waals surface area contributed by atoms with Crippen molar-refractivity contribution in [2.45, 2.75) is 50.6 Å². The van der Waals surface area contributed by atoms with Crippen LogP contribution in [-0.4, -0.2) is 8.07 Å². The third-order valence-corrected chi connectivity index (χ3v) is 10.4. The van der Waals surface area contributed by atoms with Crippen molar-refractivity contribution >= 4 is 18.4 Å². The van der Waals surface area contributed by atoms with Crippen molar-refractivity contribution in [2.75, 3.05) is 0 Å². The summed E-state index contributed by atoms with van der Waals surface area (Å²) in [5.41, 5.74) is 0. The van der Waals surface area contributed by atoms with E-state index in [1.807, 2.05) is 0 Å². The summed E-state index contributed by atoms with van der Waals surface area (Å²) < 4.78 is 0. The number of hydrogen-bond donors (Lipinski definition) is 0. The van der Waals surface area contributed by atoms with Crippen LogP contribution in [0.15, 0.2) is 60.7 Å². The van der Waals surface area contributed by atoms with Crippen molar-refractivity contribution in [3.8, 4) is 0 Å². The Labute approximate surface area is 130 Å². The van der Waals surface area contributed by atoms with Gasteiger partial charge in [-0.3, -0.25) is 0 Å². The average molecular weight is 295 g/mol. The van der Waals surface area contributed by atoms with Crippen LogP contribution < -0.4 is 10.4 Å². The number of benzene rings is 2. The molecule has 1 heterocycles. The van der Waals surface area contributed by atoms with Crippen LogP contribution in [0, 0.1) is 0 Å². The van der Waals surface area contributed by atoms with E-state index in [2.05, 4.69) is 60.7 Å². The van der Waals surface area contributed by atoms with E-state index in [4.69, 9.17) is 0 Å². The van der Waals surface area contributed by atoms with Crippen molar-refractivity contribution in [2.24, 2.45) is 0 Å². The summed E-state index contributed by atoms with van der Waals surface area (Å²) in [6, 6.07) is 25.7. The van der Waals surface area contributed by atoms with E-state index in [0.717, 1.165) is 0 Å². The molecular weight excluding hydrogens is 268 g/mol. The van der Waals surface area contributed by atoms with Gasteiger partial charge in [0.25, 0.3) is 0 Å². The highest BCUT2D eigenvalue weighted by molar-refractivity contribution is 7.02. The minimum Gasteiger partial charge on any atom is -0.0626 e. The van der Waals surface area contributed by atoms with Gasteiger partial charge in [-0.25, -0.2) is 0 Å². The van der Waals surface area contributed by atoms with Crippen LogP contribution >= 0.6 is 0 Å². The van der Waals surface area contributed by atoms with Crippen molar-refractivity contribution in [3.63, 3.8) is 0 Å². The molecule has 0 spiro atoms. The summed E-state index contributed by atoms with van der Waals surface area (Å²) in [5, 5.41) is 3.30. The predicted octanol–water partition coefficient (Wildman–Crippen LogP) is 4.60. The molecule has 0 amide bonds. The lowest BCUT2D eigenvalue weighted by Gasteiger charge is -2.33. The Balaban J connectivity index is 2.04. The number of hydrogen-bond acceptors (Lipinski definition) is 0. The molecule has 2 aromatic carbocycles. The molecule has 1 aliphatic heterocycles. The van der Waals surface area contributed by atoms with E-state index in [9.17, 15) is 0 Å². The molecule has 0 bridgehead atoms. The Morgan fingerprint density at radius 3 is 1.29 bits per heavy atom. The molecule has 2 aromatic rings. The van der Waals surface area contributed by atoms with Crippen molar-refractivity contribution in [1.82, 2.24) is 0 Å². The van der Waals surface area contributed by atoms with Crippen LogP contribution in [0.4, 0.5) is 0 Å². The molecule has 1 aliphatic rings. The van der Waals surface area contributed by atoms with Crippen LogP contribution in [0.3, 0.4) is 0 Å². The Morgan fingerprint density at radius 1 is 0.476 bits per heavy atom. The zero-order chi connectivity index (χ0) is 14.4. The van der Waals surface area contributed by atoms with Gasteiger partial charge < -0.3 is 0 Å². The van der Waals surface area contributed by atoms with Gasteiger partial charge >= 0.3 is 0 Å². The van der Waals surface area contributed by atoms with Crippen molar-refractivity contribution in [1.29, 1.82) is 0 Å². The minimum atomic E-state index is -1.55. The molecule has 0 radical (unpaired) electrons. The fourth-order valence-corrected chi connectivity index (χ4v) is 9.05. The predicted molar refractivity (Wildman–Crippen MR) is 95.2 cm³/mol. The largest absolute Gasteiger partial charge is 0.118 e. The molecular formula is C20H26Si. The van der Waals surface area contributed by atoms with Crippen molar-refractivity contribution in [3.05, 3.63) is 60.7 Å². The Hall–Kier alpha value is -1.34. The minimum absolute atomic E-state index is 1.41. The molecule has 110 valence electrons. The lowest BCUT2D eigenvalue weighted by molar-refractivity contribution is 0.633. The first-order chi connectivity index (χ1) is 10.4. The van der Waals surface area contributed by atoms with Crippen LogP contribution in [0.25, 0.3) is 0 Å². The molecule has 3 rings (SSSR count). The molecule has 0 aromatic heterocycles. The molecule has 0 N–H and O–H groups in total. The Kier molecular flexibility index (Phi) is 4.92. The van der Waals surface area contributed by atoms with Gasteiger partial charge in [0.1, 0.15) is 8.07 Å². The second kappa shape index (κ2) is 7.08. The fraction of sp³-hybridized carbons (Fsp3) is 0.400. The highest BCUT2D eigenvalue weighted by Gasteiger charge is 2.36. The lowest BCUT2D eigenvalue weighted by atomic mass is 10.1. The van der Waals surface area contributed by atoms with Gasteiger partial charge in [0.15, 0.2) is 0 Å². The maximum atomic E-state index is 2.40. The van der Waals surface area contributed by atoms with Gasteiger partial charge in [-0.05, 0) is 12.1 Å². The monoisotopic (exact) mass is 294 g/mol. The summed E-state index contributed by atoms with van der Waals surface area (Å²) in [5.74, 6) is 0. The van der Waals surface area contributed by atoms with Gasteiger partial charge in [0.2, 0.25) is 0 Å². The molecule has 1 fully saturated rings. The third kappa shape index (κ3) is 3.29. The standard InChI is InChI=1S/C20H26Si/c1-2-4-12-18-21(17-11-3-1,19-13-7-5-8-14-19)20-15-9-6-10-16-20/h5-10,13-16H,1-4,11-12,17-18H2. The quantitative estimate of drug-likeness (QED) is 0.710. The molecule has 1 heteroatoms. The van der Waals surface area contributed by atoms with Crippen LogP contribution in [0.5, 0.6) is 0 Å². The molecule has 0 aliphatic carbocycles. The topological polar surface area (TPSA) is 0 Å². The van der Waals surface area contributed by atoms with E-state index in [1.165, 1.54) is 50.6 Å². The Morgan fingerprint density at radius 2 is 0.857 bits per heavy atom. The van der Waals surface area contributed by atoms with Gasteiger partial charge in [-0.1, -0.05) is 110 Å². The zero-order valence-corrected chi connectivity index (χ0v) is 13.9. The van der Waals surface area contributed by atoms with Crippen molar-refractivity contribution < 1.29 is 0 Å². The smallest absolute Gasteiger partial charge is 0.0626 e. The Bertz CT molecular complexity index is 481. The van der Waals surface area contributed by atoms with E-state index in [1.54, 1.807) is 10.4 Å². The SMILES string of the molecule is c1ccc([Si]2(c3ccccc3)CCCCCCCC2)cc1. The highest BCUT2D eigenvalue weighted by atomic mass is 28.3. The summed E-state index contributed by atoms with van der Waals surface area (Å²) in [7, 11) is -1.55. The maximum Gasteiger partial charge on any atom is 0.118 e. The lowest BCUT2D eigenvalue weighted by Crippen LogP contribution is -2.57. The molecule has 0 unspecified atom stereocenters. The van der Waals surface area contributed by atoms with Crippen LogP contribution in [0.2, 0.25) is 12.1 Å². The maximum absolute atomic E-state index is 2.40. The number of rotatable bonds is 2. The summed E-state index contributed by atoms with van der Waals surface area (Å²) in [4.78, 5) is 0. The summed E-state index contributed by atoms with van der Waals surface area (Å²) >= 11 is 0. The molecule has 0 saturated carbocycles. The van der Waals surface area contributed by atoms with E-state index < -0.39 is 8.07 Å². The molecule has 21 heavy (non-hydrogen) atoms. The van der Waals surface area contributed by atoms with Crippen LogP contribution in [0.1, 0.15) is 38.5 Å². The first kappa shape index (κ1) is 14.6. The van der Waals surface area contributed by atoms with E-state index in [-0.39, 0.29) is 0 Å². The second-order valence-corrected chi connectivity index (χ2v) is 10.8. The van der Waals surface area contributed by atoms with Gasteiger partial charge in [0.05, 0.1) is 0 Å². The molecule has 1 saturated heterocycles. The van der Waals surface area contributed by atoms with E-state index >= 15 is 0 Å². The van der Waals surface area contributed by atoms with Crippen LogP contribution in [-0.2, 0) is 0 Å².